The zero-order valence-electron chi connectivity index (χ0n) is 33.1. The van der Waals surface area contributed by atoms with Gasteiger partial charge in [-0.25, -0.2) is 4.79 Å². The van der Waals surface area contributed by atoms with Gasteiger partial charge in [0.05, 0.1) is 41.4 Å². The number of benzene rings is 1. The van der Waals surface area contributed by atoms with Crippen molar-refractivity contribution >= 4 is 23.8 Å². The fraction of sp³-hybridized carbons (Fsp3) is 0.625. The van der Waals surface area contributed by atoms with E-state index in [0.29, 0.717) is 6.42 Å². The molecule has 10 atom stereocenters. The summed E-state index contributed by atoms with van der Waals surface area (Å²) in [5, 5.41) is 11.0. The van der Waals surface area contributed by atoms with Gasteiger partial charge in [-0.1, -0.05) is 45.1 Å². The van der Waals surface area contributed by atoms with E-state index in [-0.39, 0.29) is 54.9 Å². The topological polar surface area (TPSA) is 171 Å². The smallest absolute Gasteiger partial charge is 0.457 e. The Labute approximate surface area is 318 Å². The summed E-state index contributed by atoms with van der Waals surface area (Å²) in [6, 6.07) is 4.92. The number of carbonyl (C=O) groups is 3. The second kappa shape index (κ2) is 20.0. The molecular weight excluding hydrogens is 702 g/mol. The van der Waals surface area contributed by atoms with Crippen LogP contribution in [-0.4, -0.2) is 92.2 Å². The minimum absolute atomic E-state index is 0.0184. The molecule has 1 saturated heterocycles. The van der Waals surface area contributed by atoms with Gasteiger partial charge in [-0.05, 0) is 63.8 Å². The van der Waals surface area contributed by atoms with Gasteiger partial charge in [-0.2, -0.15) is 0 Å². The number of methoxy groups -OCH3 is 3. The molecule has 300 valence electrons. The van der Waals surface area contributed by atoms with Crippen LogP contribution in [0.25, 0.3) is 0 Å². The Morgan fingerprint density at radius 2 is 1.83 bits per heavy atom. The van der Waals surface area contributed by atoms with Gasteiger partial charge in [0.1, 0.15) is 11.9 Å². The summed E-state index contributed by atoms with van der Waals surface area (Å²) in [4.78, 5) is 49.2. The van der Waals surface area contributed by atoms with E-state index in [1.165, 1.54) is 38.3 Å². The normalized spacial score (nSPS) is 29.4. The number of epoxide rings is 1. The highest BCUT2D eigenvalue weighted by atomic mass is 16.7. The van der Waals surface area contributed by atoms with Gasteiger partial charge < -0.3 is 37.9 Å². The SMILES string of the molecule is CC[C@H](OC)[C@@H](C)[C@H]1O[C@@H]1C[C@](C)(/C=C/C=C(\C)[C@H]1OC(=O)C[C@H](OC)CC[C@@](C)(OC(=O)Oc2ccc([N+](=O)[O-])cc2)[C@@H](OC(C)=O)/C=C/[C@@H]1C)OC. The van der Waals surface area contributed by atoms with Gasteiger partial charge in [0.15, 0.2) is 11.7 Å². The van der Waals surface area contributed by atoms with Crippen LogP contribution >= 0.6 is 0 Å². The molecule has 1 fully saturated rings. The van der Waals surface area contributed by atoms with Crippen LogP contribution in [0, 0.1) is 22.0 Å². The molecule has 1 aromatic rings. The number of allylic oxidation sites excluding steroid dienone is 2. The average Bonchev–Trinajstić information content (AvgIpc) is 3.89. The minimum Gasteiger partial charge on any atom is -0.457 e. The fourth-order valence-corrected chi connectivity index (χ4v) is 6.72. The van der Waals surface area contributed by atoms with Crippen molar-refractivity contribution < 1.29 is 57.2 Å². The van der Waals surface area contributed by atoms with E-state index in [2.05, 4.69) is 13.8 Å². The third-order valence-electron chi connectivity index (χ3n) is 10.2. The summed E-state index contributed by atoms with van der Waals surface area (Å²) in [7, 11) is 4.85. The largest absolute Gasteiger partial charge is 0.514 e. The number of nitro groups is 1. The van der Waals surface area contributed by atoms with Crippen molar-refractivity contribution in [2.75, 3.05) is 21.3 Å². The van der Waals surface area contributed by atoms with E-state index in [1.54, 1.807) is 33.3 Å². The summed E-state index contributed by atoms with van der Waals surface area (Å²) in [6.45, 7) is 12.8. The Morgan fingerprint density at radius 3 is 2.41 bits per heavy atom. The van der Waals surface area contributed by atoms with Crippen LogP contribution < -0.4 is 4.74 Å². The lowest BCUT2D eigenvalue weighted by Gasteiger charge is -2.36. The van der Waals surface area contributed by atoms with E-state index in [0.717, 1.165) is 12.0 Å². The molecule has 0 N–H and O–H groups in total. The molecule has 0 aromatic heterocycles. The third-order valence-corrected chi connectivity index (χ3v) is 10.2. The minimum atomic E-state index is -1.48. The van der Waals surface area contributed by atoms with Crippen molar-refractivity contribution in [3.05, 3.63) is 70.3 Å². The first-order valence-corrected chi connectivity index (χ1v) is 18.3. The number of rotatable bonds is 15. The molecule has 0 bridgehead atoms. The number of non-ortho nitro benzene ring substituents is 1. The molecule has 3 rings (SSSR count). The molecule has 0 unspecified atom stereocenters. The molecule has 2 aliphatic rings. The molecular formula is C40H57NO13. The molecule has 0 amide bonds. The molecule has 0 radical (unpaired) electrons. The lowest BCUT2D eigenvalue weighted by molar-refractivity contribution is -0.384. The van der Waals surface area contributed by atoms with Gasteiger partial charge in [0.25, 0.3) is 5.69 Å². The molecule has 2 heterocycles. The quantitative estimate of drug-likeness (QED) is 0.0257. The zero-order valence-corrected chi connectivity index (χ0v) is 33.1. The fourth-order valence-electron chi connectivity index (χ4n) is 6.72. The second-order valence-electron chi connectivity index (χ2n) is 14.5. The monoisotopic (exact) mass is 759 g/mol. The van der Waals surface area contributed by atoms with Crippen LogP contribution in [-0.2, 0) is 42.7 Å². The first-order chi connectivity index (χ1) is 25.5. The number of carbonyl (C=O) groups excluding carboxylic acids is 3. The first kappa shape index (κ1) is 44.3. The number of nitro benzene ring substituents is 1. The standard InChI is InChI=1S/C40H57NO13/c1-11-32(48-9)27(4)37-33(52-37)24-39(6,49-10)21-12-13-25(2)36-26(3)14-19-34(50-28(5)42)40(7,22-20-31(47-8)23-35(43)53-36)54-38(44)51-30-17-15-29(16-18-30)41(45)46/h12-19,21,26-27,31-34,36-37H,11,20,22-24H2,1-10H3/b19-14+,21-12+,25-13+/t26-,27+,31+,32-,33+,34-,36+,37+,39-,40+/m0/s1. The lowest BCUT2D eigenvalue weighted by atomic mass is 9.88. The Bertz CT molecular complexity index is 1520. The molecule has 2 aliphatic heterocycles. The van der Waals surface area contributed by atoms with Gasteiger partial charge in [0.2, 0.25) is 0 Å². The lowest BCUT2D eigenvalue weighted by Crippen LogP contribution is -2.46. The summed E-state index contributed by atoms with van der Waals surface area (Å²) in [5.41, 5.74) is -1.53. The van der Waals surface area contributed by atoms with E-state index in [4.69, 9.17) is 37.9 Å². The molecule has 14 heteroatoms. The van der Waals surface area contributed by atoms with E-state index in [1.807, 2.05) is 39.0 Å². The highest BCUT2D eigenvalue weighted by Crippen LogP contribution is 2.39. The van der Waals surface area contributed by atoms with Gasteiger partial charge >= 0.3 is 18.1 Å². The first-order valence-electron chi connectivity index (χ1n) is 18.3. The van der Waals surface area contributed by atoms with Crippen LogP contribution in [0.1, 0.15) is 80.6 Å². The second-order valence-corrected chi connectivity index (χ2v) is 14.5. The molecule has 1 aromatic carbocycles. The van der Waals surface area contributed by atoms with Crippen LogP contribution in [0.3, 0.4) is 0 Å². The van der Waals surface area contributed by atoms with Gasteiger partial charge in [-0.3, -0.25) is 19.7 Å². The number of ether oxygens (including phenoxy) is 8. The molecule has 0 saturated carbocycles. The molecule has 14 nitrogen and oxygen atoms in total. The number of esters is 2. The summed E-state index contributed by atoms with van der Waals surface area (Å²) in [6.07, 6.45) is 7.60. The van der Waals surface area contributed by atoms with E-state index >= 15 is 0 Å². The van der Waals surface area contributed by atoms with Gasteiger partial charge in [0, 0.05) is 58.6 Å². The molecule has 0 aliphatic carbocycles. The number of hydrogen-bond acceptors (Lipinski definition) is 13. The Balaban J connectivity index is 1.86. The highest BCUT2D eigenvalue weighted by molar-refractivity contribution is 5.70. The molecule has 0 spiro atoms. The summed E-state index contributed by atoms with van der Waals surface area (Å²) in [5.74, 6) is -1.24. The predicted molar refractivity (Wildman–Crippen MR) is 199 cm³/mol. The van der Waals surface area contributed by atoms with Crippen molar-refractivity contribution in [3.63, 3.8) is 0 Å². The van der Waals surface area contributed by atoms with E-state index < -0.39 is 58.4 Å². The van der Waals surface area contributed by atoms with Crippen molar-refractivity contribution in [1.29, 1.82) is 0 Å². The number of cyclic esters (lactones) is 1. The maximum absolute atomic E-state index is 13.3. The Kier molecular flexibility index (Phi) is 16.4. The number of hydrogen-bond donors (Lipinski definition) is 0. The Hall–Kier alpha value is -4.11. The predicted octanol–water partition coefficient (Wildman–Crippen LogP) is 7.23. The van der Waals surface area contributed by atoms with Crippen LogP contribution in [0.5, 0.6) is 5.75 Å². The zero-order chi connectivity index (χ0) is 40.2. The van der Waals surface area contributed by atoms with Crippen molar-refractivity contribution in [1.82, 2.24) is 0 Å². The average molecular weight is 760 g/mol. The number of nitrogens with zero attached hydrogens (tertiary/aromatic N) is 1. The Morgan fingerprint density at radius 1 is 1.15 bits per heavy atom. The van der Waals surface area contributed by atoms with Crippen LogP contribution in [0.4, 0.5) is 10.5 Å². The molecule has 54 heavy (non-hydrogen) atoms. The maximum atomic E-state index is 13.3. The van der Waals surface area contributed by atoms with Gasteiger partial charge in [-0.15, -0.1) is 0 Å². The van der Waals surface area contributed by atoms with E-state index in [9.17, 15) is 24.5 Å². The summed E-state index contributed by atoms with van der Waals surface area (Å²) >= 11 is 0. The van der Waals surface area contributed by atoms with Crippen molar-refractivity contribution in [2.24, 2.45) is 11.8 Å². The maximum Gasteiger partial charge on any atom is 0.514 e. The van der Waals surface area contributed by atoms with Crippen molar-refractivity contribution in [2.45, 2.75) is 128 Å². The summed E-state index contributed by atoms with van der Waals surface area (Å²) < 4.78 is 46.1. The van der Waals surface area contributed by atoms with Crippen LogP contribution in [0.15, 0.2) is 60.2 Å². The van der Waals surface area contributed by atoms with Crippen LogP contribution in [0.2, 0.25) is 0 Å². The third kappa shape index (κ3) is 12.7. The van der Waals surface area contributed by atoms with Crippen molar-refractivity contribution in [3.8, 4) is 5.75 Å². The highest BCUT2D eigenvalue weighted by Gasteiger charge is 2.48.